The summed E-state index contributed by atoms with van der Waals surface area (Å²) in [5.74, 6) is 1.24. The number of hydrogen-bond donors (Lipinski definition) is 1. The molecule has 1 aromatic heterocycles. The summed E-state index contributed by atoms with van der Waals surface area (Å²) in [5, 5.41) is 13.4. The lowest BCUT2D eigenvalue weighted by Gasteiger charge is -2.12. The number of hydrogen-bond acceptors (Lipinski definition) is 4. The second-order valence-electron chi connectivity index (χ2n) is 4.40. The Balaban J connectivity index is 2.18. The van der Waals surface area contributed by atoms with E-state index < -0.39 is 0 Å². The lowest BCUT2D eigenvalue weighted by molar-refractivity contribution is 0.269. The Morgan fingerprint density at radius 2 is 2.10 bits per heavy atom. The topological polar surface area (TPSA) is 56.5 Å². The van der Waals surface area contributed by atoms with E-state index >= 15 is 0 Å². The molecule has 0 aliphatic heterocycles. The number of aliphatic hydroxyl groups is 1. The molecule has 0 fully saturated rings. The molecule has 0 saturated heterocycles. The van der Waals surface area contributed by atoms with Gasteiger partial charge in [-0.05, 0) is 40.5 Å². The summed E-state index contributed by atoms with van der Waals surface area (Å²) < 4.78 is 13.8. The first-order chi connectivity index (χ1) is 9.56. The molecule has 0 aliphatic rings. The van der Waals surface area contributed by atoms with Crippen molar-refractivity contribution >= 4 is 15.9 Å². The number of methoxy groups -OCH3 is 1. The predicted molar refractivity (Wildman–Crippen MR) is 78.9 cm³/mol. The quantitative estimate of drug-likeness (QED) is 0.908. The van der Waals surface area contributed by atoms with Gasteiger partial charge in [0.15, 0.2) is 11.5 Å². The van der Waals surface area contributed by atoms with Crippen molar-refractivity contribution in [2.24, 2.45) is 7.05 Å². The molecule has 1 heterocycles. The largest absolute Gasteiger partial charge is 0.493 e. The van der Waals surface area contributed by atoms with Gasteiger partial charge in [-0.25, -0.2) is 0 Å². The summed E-state index contributed by atoms with van der Waals surface area (Å²) in [4.78, 5) is 0. The fourth-order valence-corrected chi connectivity index (χ4v) is 2.36. The van der Waals surface area contributed by atoms with Gasteiger partial charge < -0.3 is 14.6 Å². The number of rotatable bonds is 5. The molecule has 0 saturated carbocycles. The Labute approximate surface area is 126 Å². The molecule has 108 valence electrons. The minimum atomic E-state index is -0.0247. The number of ether oxygens (including phenoxy) is 2. The second kappa shape index (κ2) is 6.28. The molecule has 0 radical (unpaired) electrons. The molecule has 0 spiro atoms. The standard InChI is InChI=1S/C14H17BrN2O3/c1-9-14(15)11(17(2)16-9)8-20-12-5-4-10(7-18)6-13(12)19-3/h4-6,18H,7-8H2,1-3H3. The maximum atomic E-state index is 9.12. The summed E-state index contributed by atoms with van der Waals surface area (Å²) >= 11 is 3.51. The number of aliphatic hydroxyl groups excluding tert-OH is 1. The van der Waals surface area contributed by atoms with Crippen LogP contribution in [0.15, 0.2) is 22.7 Å². The van der Waals surface area contributed by atoms with E-state index in [2.05, 4.69) is 21.0 Å². The Morgan fingerprint density at radius 1 is 1.35 bits per heavy atom. The zero-order valence-electron chi connectivity index (χ0n) is 11.7. The number of nitrogens with zero attached hydrogens (tertiary/aromatic N) is 2. The third kappa shape index (κ3) is 2.96. The van der Waals surface area contributed by atoms with Crippen LogP contribution in [0.4, 0.5) is 0 Å². The Hall–Kier alpha value is -1.53. The minimum absolute atomic E-state index is 0.0247. The van der Waals surface area contributed by atoms with E-state index in [9.17, 15) is 0 Å². The Morgan fingerprint density at radius 3 is 2.65 bits per heavy atom. The lowest BCUT2D eigenvalue weighted by atomic mass is 10.2. The third-order valence-electron chi connectivity index (χ3n) is 3.04. The first-order valence-electron chi connectivity index (χ1n) is 6.15. The smallest absolute Gasteiger partial charge is 0.161 e. The molecule has 0 atom stereocenters. The number of halogens is 1. The van der Waals surface area contributed by atoms with Gasteiger partial charge in [-0.1, -0.05) is 6.07 Å². The second-order valence-corrected chi connectivity index (χ2v) is 5.19. The first-order valence-corrected chi connectivity index (χ1v) is 6.94. The summed E-state index contributed by atoms with van der Waals surface area (Å²) in [6.45, 7) is 2.29. The number of aromatic nitrogens is 2. The van der Waals surface area contributed by atoms with Crippen LogP contribution in [0.5, 0.6) is 11.5 Å². The molecule has 0 aliphatic carbocycles. The van der Waals surface area contributed by atoms with Crippen molar-refractivity contribution in [3.05, 3.63) is 39.6 Å². The lowest BCUT2D eigenvalue weighted by Crippen LogP contribution is -2.04. The van der Waals surface area contributed by atoms with Crippen LogP contribution in [0.2, 0.25) is 0 Å². The monoisotopic (exact) mass is 340 g/mol. The summed E-state index contributed by atoms with van der Waals surface area (Å²) in [7, 11) is 3.45. The van der Waals surface area contributed by atoms with Crippen LogP contribution in [0, 0.1) is 6.92 Å². The molecule has 20 heavy (non-hydrogen) atoms. The Bertz CT molecular complexity index is 611. The van der Waals surface area contributed by atoms with Crippen LogP contribution in [0.25, 0.3) is 0 Å². The Kier molecular flexibility index (Phi) is 4.67. The van der Waals surface area contributed by atoms with Gasteiger partial charge in [0.05, 0.1) is 29.6 Å². The van der Waals surface area contributed by atoms with E-state index in [0.717, 1.165) is 21.4 Å². The van der Waals surface area contributed by atoms with E-state index in [4.69, 9.17) is 14.6 Å². The van der Waals surface area contributed by atoms with Gasteiger partial charge in [0, 0.05) is 7.05 Å². The fourth-order valence-electron chi connectivity index (χ4n) is 1.91. The molecule has 0 amide bonds. The zero-order valence-corrected chi connectivity index (χ0v) is 13.3. The van der Waals surface area contributed by atoms with E-state index in [1.54, 1.807) is 30.0 Å². The number of aryl methyl sites for hydroxylation is 2. The first kappa shape index (κ1) is 14.9. The fraction of sp³-hybridized carbons (Fsp3) is 0.357. The minimum Gasteiger partial charge on any atom is -0.493 e. The maximum Gasteiger partial charge on any atom is 0.161 e. The highest BCUT2D eigenvalue weighted by atomic mass is 79.9. The zero-order chi connectivity index (χ0) is 14.7. The molecular formula is C14H17BrN2O3. The average molecular weight is 341 g/mol. The highest BCUT2D eigenvalue weighted by molar-refractivity contribution is 9.10. The summed E-state index contributed by atoms with van der Waals surface area (Å²) in [5.41, 5.74) is 2.66. The van der Waals surface area contributed by atoms with Gasteiger partial charge in [0.1, 0.15) is 6.61 Å². The predicted octanol–water partition coefficient (Wildman–Crippen LogP) is 2.57. The molecule has 0 bridgehead atoms. The van der Waals surface area contributed by atoms with Crippen LogP contribution >= 0.6 is 15.9 Å². The van der Waals surface area contributed by atoms with Crippen molar-refractivity contribution in [2.75, 3.05) is 7.11 Å². The van der Waals surface area contributed by atoms with Crippen LogP contribution < -0.4 is 9.47 Å². The van der Waals surface area contributed by atoms with Crippen molar-refractivity contribution < 1.29 is 14.6 Å². The van der Waals surface area contributed by atoms with E-state index in [1.807, 2.05) is 14.0 Å². The van der Waals surface area contributed by atoms with E-state index in [0.29, 0.717) is 18.1 Å². The van der Waals surface area contributed by atoms with Crippen LogP contribution in [-0.4, -0.2) is 22.0 Å². The van der Waals surface area contributed by atoms with Gasteiger partial charge in [-0.2, -0.15) is 5.10 Å². The number of benzene rings is 1. The van der Waals surface area contributed by atoms with Gasteiger partial charge in [0.2, 0.25) is 0 Å². The van der Waals surface area contributed by atoms with E-state index in [-0.39, 0.29) is 6.61 Å². The SMILES string of the molecule is COc1cc(CO)ccc1OCc1c(Br)c(C)nn1C. The molecule has 1 aromatic carbocycles. The van der Waals surface area contributed by atoms with Crippen molar-refractivity contribution in [2.45, 2.75) is 20.1 Å². The molecule has 6 heteroatoms. The van der Waals surface area contributed by atoms with Crippen LogP contribution in [0.3, 0.4) is 0 Å². The summed E-state index contributed by atoms with van der Waals surface area (Å²) in [6, 6.07) is 5.36. The van der Waals surface area contributed by atoms with Crippen LogP contribution in [-0.2, 0) is 20.3 Å². The maximum absolute atomic E-state index is 9.12. The van der Waals surface area contributed by atoms with Crippen molar-refractivity contribution in [3.8, 4) is 11.5 Å². The van der Waals surface area contributed by atoms with Crippen molar-refractivity contribution in [1.82, 2.24) is 9.78 Å². The van der Waals surface area contributed by atoms with Gasteiger partial charge in [-0.15, -0.1) is 0 Å². The average Bonchev–Trinajstić information content (AvgIpc) is 2.70. The van der Waals surface area contributed by atoms with Crippen molar-refractivity contribution in [3.63, 3.8) is 0 Å². The highest BCUT2D eigenvalue weighted by Gasteiger charge is 2.12. The highest BCUT2D eigenvalue weighted by Crippen LogP contribution is 2.30. The van der Waals surface area contributed by atoms with Gasteiger partial charge >= 0.3 is 0 Å². The van der Waals surface area contributed by atoms with Gasteiger partial charge in [0.25, 0.3) is 0 Å². The van der Waals surface area contributed by atoms with Crippen LogP contribution in [0.1, 0.15) is 17.0 Å². The molecule has 2 rings (SSSR count). The third-order valence-corrected chi connectivity index (χ3v) is 4.07. The summed E-state index contributed by atoms with van der Waals surface area (Å²) in [6.07, 6.45) is 0. The normalized spacial score (nSPS) is 10.7. The molecular weight excluding hydrogens is 324 g/mol. The molecule has 2 aromatic rings. The molecule has 1 N–H and O–H groups in total. The molecule has 5 nitrogen and oxygen atoms in total. The van der Waals surface area contributed by atoms with E-state index in [1.165, 1.54) is 0 Å². The van der Waals surface area contributed by atoms with Crippen molar-refractivity contribution in [1.29, 1.82) is 0 Å². The molecule has 0 unspecified atom stereocenters. The van der Waals surface area contributed by atoms with Gasteiger partial charge in [-0.3, -0.25) is 4.68 Å².